The summed E-state index contributed by atoms with van der Waals surface area (Å²) in [7, 11) is 0. The lowest BCUT2D eigenvalue weighted by atomic mass is 10.0. The first kappa shape index (κ1) is 12.5. The highest BCUT2D eigenvalue weighted by atomic mass is 19.1. The molecule has 0 aliphatic carbocycles. The highest BCUT2D eigenvalue weighted by molar-refractivity contribution is 5.18. The minimum absolute atomic E-state index is 0.230. The van der Waals surface area contributed by atoms with Gasteiger partial charge >= 0.3 is 0 Å². The number of aliphatic hydroxyl groups excluding tert-OH is 1. The predicted molar refractivity (Wildman–Crippen MR) is 60.9 cm³/mol. The van der Waals surface area contributed by atoms with E-state index in [1.807, 2.05) is 0 Å². The van der Waals surface area contributed by atoms with Crippen LogP contribution in [0.4, 0.5) is 4.39 Å². The van der Waals surface area contributed by atoms with E-state index < -0.39 is 6.10 Å². The van der Waals surface area contributed by atoms with Gasteiger partial charge in [-0.25, -0.2) is 4.39 Å². The van der Waals surface area contributed by atoms with Crippen LogP contribution in [-0.2, 0) is 9.47 Å². The zero-order chi connectivity index (χ0) is 12.1. The number of benzene rings is 1. The van der Waals surface area contributed by atoms with E-state index in [-0.39, 0.29) is 12.1 Å². The van der Waals surface area contributed by atoms with Crippen LogP contribution < -0.4 is 0 Å². The minimum atomic E-state index is -0.667. The maximum Gasteiger partial charge on any atom is 0.157 e. The average Bonchev–Trinajstić information content (AvgIpc) is 2.37. The Kier molecular flexibility index (Phi) is 4.48. The number of hydrogen-bond donors (Lipinski definition) is 1. The summed E-state index contributed by atoms with van der Waals surface area (Å²) >= 11 is 0. The van der Waals surface area contributed by atoms with E-state index in [9.17, 15) is 9.50 Å². The van der Waals surface area contributed by atoms with E-state index in [0.717, 1.165) is 6.42 Å². The van der Waals surface area contributed by atoms with Crippen LogP contribution in [0.25, 0.3) is 0 Å². The van der Waals surface area contributed by atoms with E-state index in [2.05, 4.69) is 0 Å². The van der Waals surface area contributed by atoms with Gasteiger partial charge in [0.1, 0.15) is 5.82 Å². The van der Waals surface area contributed by atoms with Crippen LogP contribution in [-0.4, -0.2) is 24.6 Å². The lowest BCUT2D eigenvalue weighted by Crippen LogP contribution is -2.25. The van der Waals surface area contributed by atoms with Crippen LogP contribution >= 0.6 is 0 Å². The monoisotopic (exact) mass is 240 g/mol. The molecule has 1 saturated heterocycles. The molecule has 4 heteroatoms. The molecule has 1 aliphatic heterocycles. The molecule has 17 heavy (non-hydrogen) atoms. The van der Waals surface area contributed by atoms with Gasteiger partial charge in [-0.2, -0.15) is 0 Å². The van der Waals surface area contributed by atoms with E-state index in [4.69, 9.17) is 9.47 Å². The Morgan fingerprint density at radius 2 is 2.12 bits per heavy atom. The third-order valence-electron chi connectivity index (χ3n) is 2.81. The second-order valence-corrected chi connectivity index (χ2v) is 4.17. The average molecular weight is 240 g/mol. The van der Waals surface area contributed by atoms with E-state index >= 15 is 0 Å². The maximum absolute atomic E-state index is 13.0. The van der Waals surface area contributed by atoms with Gasteiger partial charge in [-0.1, -0.05) is 12.1 Å². The molecule has 0 radical (unpaired) electrons. The summed E-state index contributed by atoms with van der Waals surface area (Å²) in [5.41, 5.74) is 0.598. The third kappa shape index (κ3) is 3.77. The van der Waals surface area contributed by atoms with E-state index in [1.165, 1.54) is 12.1 Å². The number of hydrogen-bond acceptors (Lipinski definition) is 3. The molecule has 0 saturated carbocycles. The Labute approximate surface area is 100 Å². The summed E-state index contributed by atoms with van der Waals surface area (Å²) in [5, 5.41) is 9.90. The van der Waals surface area contributed by atoms with Crippen molar-refractivity contribution in [2.75, 3.05) is 13.2 Å². The van der Waals surface area contributed by atoms with Crippen LogP contribution in [0.5, 0.6) is 0 Å². The van der Waals surface area contributed by atoms with Gasteiger partial charge in [0.25, 0.3) is 0 Å². The molecule has 1 aromatic rings. The van der Waals surface area contributed by atoms with E-state index in [1.54, 1.807) is 12.1 Å². The minimum Gasteiger partial charge on any atom is -0.388 e. The van der Waals surface area contributed by atoms with Gasteiger partial charge in [0.15, 0.2) is 6.29 Å². The van der Waals surface area contributed by atoms with Gasteiger partial charge in [-0.3, -0.25) is 0 Å². The standard InChI is InChI=1S/C13H17FO3/c14-11-4-1-3-10(9-11)12(15)5-6-13-16-7-2-8-17-13/h1,3-4,9,12-13,15H,2,5-8H2/t12-/m0/s1. The van der Waals surface area contributed by atoms with E-state index in [0.29, 0.717) is 31.6 Å². The molecule has 2 rings (SSSR count). The zero-order valence-corrected chi connectivity index (χ0v) is 9.64. The molecule has 0 bridgehead atoms. The van der Waals surface area contributed by atoms with Gasteiger partial charge in [0.05, 0.1) is 19.3 Å². The highest BCUT2D eigenvalue weighted by Gasteiger charge is 2.17. The molecule has 1 atom stereocenters. The first-order valence-electron chi connectivity index (χ1n) is 5.92. The Hall–Kier alpha value is -0.970. The summed E-state index contributed by atoms with van der Waals surface area (Å²) in [5.74, 6) is -0.327. The predicted octanol–water partition coefficient (Wildman–Crippen LogP) is 2.40. The van der Waals surface area contributed by atoms with Crippen molar-refractivity contribution in [3.63, 3.8) is 0 Å². The number of aliphatic hydroxyl groups is 1. The Balaban J connectivity index is 1.82. The fourth-order valence-corrected chi connectivity index (χ4v) is 1.88. The van der Waals surface area contributed by atoms with Gasteiger partial charge in [-0.05, 0) is 30.5 Å². The van der Waals surface area contributed by atoms with Crippen molar-refractivity contribution in [2.24, 2.45) is 0 Å². The SMILES string of the molecule is O[C@@H](CCC1OCCCO1)c1cccc(F)c1. The van der Waals surface area contributed by atoms with Crippen molar-refractivity contribution in [3.8, 4) is 0 Å². The molecule has 1 N–H and O–H groups in total. The summed E-state index contributed by atoms with van der Waals surface area (Å²) in [6.45, 7) is 1.42. The molecular formula is C13H17FO3. The van der Waals surface area contributed by atoms with Gasteiger partial charge in [0, 0.05) is 6.42 Å². The molecule has 0 aromatic heterocycles. The fourth-order valence-electron chi connectivity index (χ4n) is 1.88. The lowest BCUT2D eigenvalue weighted by molar-refractivity contribution is -0.183. The number of rotatable bonds is 4. The largest absolute Gasteiger partial charge is 0.388 e. The number of halogens is 1. The van der Waals surface area contributed by atoms with Crippen LogP contribution in [0.15, 0.2) is 24.3 Å². The smallest absolute Gasteiger partial charge is 0.157 e. The first-order chi connectivity index (χ1) is 8.25. The van der Waals surface area contributed by atoms with Gasteiger partial charge in [0.2, 0.25) is 0 Å². The van der Waals surface area contributed by atoms with Crippen LogP contribution in [0.1, 0.15) is 30.9 Å². The van der Waals surface area contributed by atoms with Crippen molar-refractivity contribution < 1.29 is 19.0 Å². The molecule has 0 unspecified atom stereocenters. The zero-order valence-electron chi connectivity index (χ0n) is 9.64. The molecule has 0 spiro atoms. The molecule has 1 fully saturated rings. The van der Waals surface area contributed by atoms with Crippen molar-refractivity contribution in [3.05, 3.63) is 35.6 Å². The topological polar surface area (TPSA) is 38.7 Å². The molecule has 1 aromatic carbocycles. The molecule has 94 valence electrons. The van der Waals surface area contributed by atoms with Gasteiger partial charge < -0.3 is 14.6 Å². The van der Waals surface area contributed by atoms with Crippen molar-refractivity contribution >= 4 is 0 Å². The third-order valence-corrected chi connectivity index (χ3v) is 2.81. The Morgan fingerprint density at radius 1 is 1.35 bits per heavy atom. The second kappa shape index (κ2) is 6.10. The van der Waals surface area contributed by atoms with Crippen LogP contribution in [0.3, 0.4) is 0 Å². The summed E-state index contributed by atoms with van der Waals surface area (Å²) in [4.78, 5) is 0. The first-order valence-corrected chi connectivity index (χ1v) is 5.92. The van der Waals surface area contributed by atoms with Crippen LogP contribution in [0.2, 0.25) is 0 Å². The summed E-state index contributed by atoms with van der Waals surface area (Å²) < 4.78 is 23.7. The molecular weight excluding hydrogens is 223 g/mol. The lowest BCUT2D eigenvalue weighted by Gasteiger charge is -2.24. The highest BCUT2D eigenvalue weighted by Crippen LogP contribution is 2.21. The Bertz CT molecular complexity index is 350. The molecule has 0 amide bonds. The molecule has 3 nitrogen and oxygen atoms in total. The fraction of sp³-hybridized carbons (Fsp3) is 0.538. The maximum atomic E-state index is 13.0. The summed E-state index contributed by atoms with van der Waals surface area (Å²) in [6, 6.07) is 6.04. The van der Waals surface area contributed by atoms with Crippen LogP contribution in [0, 0.1) is 5.82 Å². The van der Waals surface area contributed by atoms with Crippen molar-refractivity contribution in [1.29, 1.82) is 0 Å². The van der Waals surface area contributed by atoms with Crippen molar-refractivity contribution in [1.82, 2.24) is 0 Å². The number of ether oxygens (including phenoxy) is 2. The van der Waals surface area contributed by atoms with Crippen molar-refractivity contribution in [2.45, 2.75) is 31.7 Å². The van der Waals surface area contributed by atoms with Gasteiger partial charge in [-0.15, -0.1) is 0 Å². The quantitative estimate of drug-likeness (QED) is 0.878. The molecule has 1 heterocycles. The Morgan fingerprint density at radius 3 is 2.82 bits per heavy atom. The second-order valence-electron chi connectivity index (χ2n) is 4.17. The molecule has 1 aliphatic rings. The normalized spacial score (nSPS) is 19.2. The summed E-state index contributed by atoms with van der Waals surface area (Å²) in [6.07, 6.45) is 1.15.